The van der Waals surface area contributed by atoms with Crippen LogP contribution in [0.1, 0.15) is 12.0 Å². The third-order valence-corrected chi connectivity index (χ3v) is 7.84. The van der Waals surface area contributed by atoms with Crippen LogP contribution in [0.2, 0.25) is 0 Å². The molecule has 178 valence electrons. The van der Waals surface area contributed by atoms with Crippen LogP contribution < -0.4 is 0 Å². The summed E-state index contributed by atoms with van der Waals surface area (Å²) in [6.07, 6.45) is 7.07. The van der Waals surface area contributed by atoms with E-state index < -0.39 is 9.84 Å². The van der Waals surface area contributed by atoms with Crippen LogP contribution in [0.15, 0.2) is 90.0 Å². The number of rotatable bonds is 7. The van der Waals surface area contributed by atoms with Gasteiger partial charge in [0.2, 0.25) is 5.91 Å². The molecule has 2 aromatic carbocycles. The number of aromatic nitrogens is 2. The highest BCUT2D eigenvalue weighted by atomic mass is 32.2. The van der Waals surface area contributed by atoms with Gasteiger partial charge in [0.05, 0.1) is 17.2 Å². The van der Waals surface area contributed by atoms with Gasteiger partial charge >= 0.3 is 0 Å². The first-order valence-corrected chi connectivity index (χ1v) is 13.2. The van der Waals surface area contributed by atoms with E-state index in [1.165, 1.54) is 6.08 Å². The Morgan fingerprint density at radius 1 is 1.17 bits per heavy atom. The number of amides is 1. The normalized spacial score (nSPS) is 17.2. The van der Waals surface area contributed by atoms with Crippen molar-refractivity contribution in [3.05, 3.63) is 91.2 Å². The van der Waals surface area contributed by atoms with Crippen molar-refractivity contribution < 1.29 is 17.6 Å². The van der Waals surface area contributed by atoms with Gasteiger partial charge in [-0.15, -0.1) is 6.58 Å². The molecular weight excluding hydrogens is 462 g/mol. The number of fused-ring (bicyclic) bond motifs is 1. The largest absolute Gasteiger partial charge is 0.454 e. The minimum Gasteiger partial charge on any atom is -0.454 e. The number of nitrogens with zero attached hydrogens (tertiary/aromatic N) is 3. The number of sulfone groups is 1. The van der Waals surface area contributed by atoms with Crippen molar-refractivity contribution in [3.8, 4) is 17.1 Å². The zero-order valence-electron chi connectivity index (χ0n) is 19.1. The number of benzene rings is 2. The van der Waals surface area contributed by atoms with Crippen LogP contribution in [0.25, 0.3) is 34.2 Å². The summed E-state index contributed by atoms with van der Waals surface area (Å²) in [6.45, 7) is 4.01. The van der Waals surface area contributed by atoms with Crippen molar-refractivity contribution in [3.63, 3.8) is 0 Å². The quantitative estimate of drug-likeness (QED) is 0.283. The van der Waals surface area contributed by atoms with Crippen molar-refractivity contribution in [2.24, 2.45) is 0 Å². The number of carbonyl (C=O) groups excluding carboxylic acids is 1. The van der Waals surface area contributed by atoms with Gasteiger partial charge in [0, 0.05) is 35.8 Å². The van der Waals surface area contributed by atoms with Gasteiger partial charge in [-0.25, -0.2) is 13.1 Å². The highest BCUT2D eigenvalue weighted by Gasteiger charge is 2.33. The number of hydrogen-bond donors (Lipinski definition) is 0. The summed E-state index contributed by atoms with van der Waals surface area (Å²) < 4.78 is 31.7. The van der Waals surface area contributed by atoms with Crippen molar-refractivity contribution >= 4 is 32.8 Å². The molecular formula is C27H25N3O4S. The number of para-hydroxylation sites is 2. The minimum atomic E-state index is -3.12. The Kier molecular flexibility index (Phi) is 6.13. The fourth-order valence-corrected chi connectivity index (χ4v) is 6.08. The molecule has 0 saturated carbocycles. The molecule has 1 fully saturated rings. The first kappa shape index (κ1) is 22.9. The topological polar surface area (TPSA) is 85.4 Å². The zero-order valence-corrected chi connectivity index (χ0v) is 19.9. The van der Waals surface area contributed by atoms with E-state index in [4.69, 9.17) is 9.52 Å². The summed E-state index contributed by atoms with van der Waals surface area (Å²) in [5, 5.41) is 5.71. The van der Waals surface area contributed by atoms with E-state index in [1.54, 1.807) is 21.7 Å². The molecule has 35 heavy (non-hydrogen) atoms. The Hall–Kier alpha value is -3.91. The van der Waals surface area contributed by atoms with Crippen LogP contribution in [0.3, 0.4) is 0 Å². The number of hydrogen-bond acceptors (Lipinski definition) is 5. The third-order valence-electron chi connectivity index (χ3n) is 6.09. The van der Waals surface area contributed by atoms with Gasteiger partial charge in [-0.1, -0.05) is 42.5 Å². The lowest BCUT2D eigenvalue weighted by Crippen LogP contribution is -2.40. The molecule has 2 aromatic heterocycles. The Morgan fingerprint density at radius 3 is 2.66 bits per heavy atom. The summed E-state index contributed by atoms with van der Waals surface area (Å²) in [5.41, 5.74) is 2.94. The van der Waals surface area contributed by atoms with Gasteiger partial charge in [-0.05, 0) is 36.8 Å². The van der Waals surface area contributed by atoms with Crippen molar-refractivity contribution in [2.45, 2.75) is 12.5 Å². The maximum absolute atomic E-state index is 13.1. The molecule has 0 radical (unpaired) electrons. The Morgan fingerprint density at radius 2 is 1.94 bits per heavy atom. The van der Waals surface area contributed by atoms with Gasteiger partial charge in [0.1, 0.15) is 11.3 Å². The molecule has 1 aliphatic heterocycles. The Bertz CT molecular complexity index is 1480. The molecule has 4 aromatic rings. The maximum atomic E-state index is 13.1. The van der Waals surface area contributed by atoms with Gasteiger partial charge in [-0.2, -0.15) is 5.10 Å². The Balaban J connectivity index is 1.50. The molecule has 1 saturated heterocycles. The van der Waals surface area contributed by atoms with Crippen molar-refractivity contribution in [1.29, 1.82) is 0 Å². The van der Waals surface area contributed by atoms with Crippen LogP contribution in [-0.4, -0.2) is 53.1 Å². The second kappa shape index (κ2) is 9.38. The van der Waals surface area contributed by atoms with E-state index in [9.17, 15) is 13.2 Å². The van der Waals surface area contributed by atoms with E-state index in [1.807, 2.05) is 66.9 Å². The Labute approximate surface area is 203 Å². The molecule has 8 heteroatoms. The van der Waals surface area contributed by atoms with E-state index in [0.29, 0.717) is 23.4 Å². The van der Waals surface area contributed by atoms with Crippen LogP contribution in [0.5, 0.6) is 0 Å². The van der Waals surface area contributed by atoms with Crippen LogP contribution in [-0.2, 0) is 14.6 Å². The van der Waals surface area contributed by atoms with Gasteiger partial charge in [-0.3, -0.25) is 4.79 Å². The average molecular weight is 488 g/mol. The molecule has 1 unspecified atom stereocenters. The molecule has 1 amide bonds. The number of furan rings is 1. The molecule has 3 heterocycles. The second-order valence-corrected chi connectivity index (χ2v) is 10.8. The SMILES string of the molecule is C=CCN(C(=O)/C=C/c1cn(-c2ccccc2)nc1-c1cc2ccccc2o1)C1CCS(=O)(=O)C1. The molecule has 1 atom stereocenters. The summed E-state index contributed by atoms with van der Waals surface area (Å²) in [6, 6.07) is 19.0. The maximum Gasteiger partial charge on any atom is 0.247 e. The second-order valence-electron chi connectivity index (χ2n) is 8.53. The summed E-state index contributed by atoms with van der Waals surface area (Å²) in [4.78, 5) is 14.7. The van der Waals surface area contributed by atoms with Crippen molar-refractivity contribution in [2.75, 3.05) is 18.1 Å². The van der Waals surface area contributed by atoms with Gasteiger partial charge in [0.15, 0.2) is 15.6 Å². The summed E-state index contributed by atoms with van der Waals surface area (Å²) >= 11 is 0. The van der Waals surface area contributed by atoms with Crippen molar-refractivity contribution in [1.82, 2.24) is 14.7 Å². The molecule has 0 aliphatic carbocycles. The summed E-state index contributed by atoms with van der Waals surface area (Å²) in [7, 11) is -3.12. The van der Waals surface area contributed by atoms with E-state index in [-0.39, 0.29) is 30.0 Å². The smallest absolute Gasteiger partial charge is 0.247 e. The lowest BCUT2D eigenvalue weighted by molar-refractivity contribution is -0.127. The molecule has 0 spiro atoms. The standard InChI is InChI=1S/C27H25N3O4S/c1-2-15-29(23-14-16-35(32,33)19-23)26(31)13-12-21-18-30(22-9-4-3-5-10-22)28-27(21)25-17-20-8-6-7-11-24(20)34-25/h2-13,17-18,23H,1,14-16,19H2/b13-12+. The van der Waals surface area contributed by atoms with Crippen LogP contribution in [0.4, 0.5) is 0 Å². The number of carbonyl (C=O) groups is 1. The molecule has 7 nitrogen and oxygen atoms in total. The fraction of sp³-hybridized carbons (Fsp3) is 0.185. The highest BCUT2D eigenvalue weighted by molar-refractivity contribution is 7.91. The molecule has 5 rings (SSSR count). The predicted octanol–water partition coefficient (Wildman–Crippen LogP) is 4.50. The van der Waals surface area contributed by atoms with Gasteiger partial charge in [0.25, 0.3) is 0 Å². The summed E-state index contributed by atoms with van der Waals surface area (Å²) in [5.74, 6) is 0.409. The van der Waals surface area contributed by atoms with Crippen LogP contribution >= 0.6 is 0 Å². The first-order chi connectivity index (χ1) is 16.9. The van der Waals surface area contributed by atoms with E-state index in [0.717, 1.165) is 16.7 Å². The van der Waals surface area contributed by atoms with E-state index >= 15 is 0 Å². The zero-order chi connectivity index (χ0) is 24.4. The first-order valence-electron chi connectivity index (χ1n) is 11.4. The van der Waals surface area contributed by atoms with E-state index in [2.05, 4.69) is 6.58 Å². The minimum absolute atomic E-state index is 0.0173. The van der Waals surface area contributed by atoms with Crippen LogP contribution in [0, 0.1) is 0 Å². The molecule has 0 bridgehead atoms. The monoisotopic (exact) mass is 487 g/mol. The lowest BCUT2D eigenvalue weighted by Gasteiger charge is -2.25. The predicted molar refractivity (Wildman–Crippen MR) is 137 cm³/mol. The molecule has 1 aliphatic rings. The fourth-order valence-electron chi connectivity index (χ4n) is 4.35. The average Bonchev–Trinajstić information content (AvgIpc) is 3.57. The third kappa shape index (κ3) is 4.83. The highest BCUT2D eigenvalue weighted by Crippen LogP contribution is 2.30. The lowest BCUT2D eigenvalue weighted by atomic mass is 10.1. The van der Waals surface area contributed by atoms with Gasteiger partial charge < -0.3 is 9.32 Å². The molecule has 0 N–H and O–H groups in total.